The highest BCUT2D eigenvalue weighted by Crippen LogP contribution is 2.11. The van der Waals surface area contributed by atoms with Crippen molar-refractivity contribution < 1.29 is 19.1 Å². The van der Waals surface area contributed by atoms with Gasteiger partial charge in [0.15, 0.2) is 7.28 Å². The zero-order chi connectivity index (χ0) is 14.6. The van der Waals surface area contributed by atoms with Crippen molar-refractivity contribution in [3.05, 3.63) is 30.5 Å². The molecule has 1 radical (unpaired) electrons. The molecular weight excluding hydrogens is 245 g/mol. The Morgan fingerprint density at radius 3 is 2.53 bits per heavy atom. The number of hydrogen-bond acceptors (Lipinski definition) is 4. The Kier molecular flexibility index (Phi) is 4.59. The van der Waals surface area contributed by atoms with Crippen LogP contribution in [0.4, 0.5) is 4.79 Å². The summed E-state index contributed by atoms with van der Waals surface area (Å²) in [7, 11) is 2.87. The highest BCUT2D eigenvalue weighted by Gasteiger charge is 2.24. The SMILES string of the molecule is C=C[B]c1ccn(C(=O)OC(C)(C)C)c1C(=O)OC. The smallest absolute Gasteiger partial charge is 0.419 e. The monoisotopic (exact) mass is 262 g/mol. The van der Waals surface area contributed by atoms with Crippen LogP contribution >= 0.6 is 0 Å². The molecule has 1 aromatic rings. The van der Waals surface area contributed by atoms with Crippen LogP contribution in [0, 0.1) is 0 Å². The van der Waals surface area contributed by atoms with E-state index in [1.165, 1.54) is 19.3 Å². The Morgan fingerprint density at radius 1 is 1.42 bits per heavy atom. The Balaban J connectivity index is 3.17. The van der Waals surface area contributed by atoms with E-state index in [0.29, 0.717) is 5.46 Å². The number of hydrogen-bond donors (Lipinski definition) is 0. The molecule has 0 N–H and O–H groups in total. The fraction of sp³-hybridized carbons (Fsp3) is 0.385. The summed E-state index contributed by atoms with van der Waals surface area (Å²) >= 11 is 0. The molecule has 6 heteroatoms. The molecule has 0 atom stereocenters. The quantitative estimate of drug-likeness (QED) is 0.612. The maximum Gasteiger partial charge on any atom is 0.419 e. The standard InChI is InChI=1S/C13H17BNO4/c1-6-14-9-7-8-15(10(9)11(16)18-5)12(17)19-13(2,3)4/h6-8H,1H2,2-5H3. The van der Waals surface area contributed by atoms with Crippen LogP contribution in [0.2, 0.25) is 0 Å². The van der Waals surface area contributed by atoms with Crippen LogP contribution in [0.1, 0.15) is 31.3 Å². The first-order valence-corrected chi connectivity index (χ1v) is 5.79. The summed E-state index contributed by atoms with van der Waals surface area (Å²) in [6.45, 7) is 8.82. The number of carbonyl (C=O) groups excluding carboxylic acids is 2. The minimum Gasteiger partial charge on any atom is -0.464 e. The fourth-order valence-electron chi connectivity index (χ4n) is 1.48. The van der Waals surface area contributed by atoms with Gasteiger partial charge in [0.2, 0.25) is 0 Å². The van der Waals surface area contributed by atoms with Crippen LogP contribution in [0.3, 0.4) is 0 Å². The third kappa shape index (κ3) is 3.74. The number of ether oxygens (including phenoxy) is 2. The summed E-state index contributed by atoms with van der Waals surface area (Å²) < 4.78 is 11.0. The predicted octanol–water partition coefficient (Wildman–Crippen LogP) is 1.53. The van der Waals surface area contributed by atoms with Gasteiger partial charge >= 0.3 is 12.1 Å². The van der Waals surface area contributed by atoms with Gasteiger partial charge in [-0.05, 0) is 32.3 Å². The molecule has 0 spiro atoms. The summed E-state index contributed by atoms with van der Waals surface area (Å²) in [5.41, 5.74) is 0.0289. The van der Waals surface area contributed by atoms with Crippen LogP contribution in [0.15, 0.2) is 24.8 Å². The first kappa shape index (κ1) is 15.1. The van der Waals surface area contributed by atoms with Gasteiger partial charge in [-0.25, -0.2) is 14.2 Å². The van der Waals surface area contributed by atoms with E-state index in [-0.39, 0.29) is 5.69 Å². The Hall–Kier alpha value is -1.98. The summed E-state index contributed by atoms with van der Waals surface area (Å²) in [6, 6.07) is 1.62. The third-order valence-corrected chi connectivity index (χ3v) is 2.18. The van der Waals surface area contributed by atoms with Crippen molar-refractivity contribution in [3.8, 4) is 0 Å². The molecule has 0 saturated heterocycles. The highest BCUT2D eigenvalue weighted by atomic mass is 16.6. The van der Waals surface area contributed by atoms with E-state index < -0.39 is 17.7 Å². The Morgan fingerprint density at radius 2 is 2.05 bits per heavy atom. The molecule has 1 rings (SSSR count). The lowest BCUT2D eigenvalue weighted by Crippen LogP contribution is -2.31. The maximum atomic E-state index is 12.0. The molecule has 1 heterocycles. The summed E-state index contributed by atoms with van der Waals surface area (Å²) in [6.07, 6.45) is 0.840. The number of rotatable bonds is 3. The minimum atomic E-state index is -0.642. The second kappa shape index (κ2) is 5.78. The van der Waals surface area contributed by atoms with E-state index >= 15 is 0 Å². The predicted molar refractivity (Wildman–Crippen MR) is 73.0 cm³/mol. The van der Waals surface area contributed by atoms with Gasteiger partial charge in [-0.1, -0.05) is 0 Å². The van der Waals surface area contributed by atoms with Gasteiger partial charge < -0.3 is 9.47 Å². The van der Waals surface area contributed by atoms with Crippen LogP contribution in [0.5, 0.6) is 0 Å². The number of aromatic nitrogens is 1. The summed E-state index contributed by atoms with van der Waals surface area (Å²) in [4.78, 5) is 23.8. The normalized spacial score (nSPS) is 10.7. The van der Waals surface area contributed by atoms with E-state index in [1.54, 1.807) is 34.1 Å². The first-order valence-electron chi connectivity index (χ1n) is 5.79. The largest absolute Gasteiger partial charge is 0.464 e. The van der Waals surface area contributed by atoms with E-state index in [0.717, 1.165) is 4.57 Å². The van der Waals surface area contributed by atoms with Crippen molar-refractivity contribution in [3.63, 3.8) is 0 Å². The molecule has 0 aliphatic heterocycles. The van der Waals surface area contributed by atoms with Crippen LogP contribution in [0.25, 0.3) is 0 Å². The molecule has 0 saturated carbocycles. The van der Waals surface area contributed by atoms with Gasteiger partial charge in [-0.3, -0.25) is 0 Å². The van der Waals surface area contributed by atoms with Gasteiger partial charge in [0.1, 0.15) is 11.3 Å². The Bertz CT molecular complexity index is 499. The highest BCUT2D eigenvalue weighted by molar-refractivity contribution is 6.60. The topological polar surface area (TPSA) is 57.5 Å². The minimum absolute atomic E-state index is 0.122. The molecule has 0 aromatic carbocycles. The van der Waals surface area contributed by atoms with Gasteiger partial charge in [-0.15, -0.1) is 12.6 Å². The Labute approximate surface area is 113 Å². The van der Waals surface area contributed by atoms with Crippen LogP contribution in [-0.4, -0.2) is 36.6 Å². The van der Waals surface area contributed by atoms with Crippen molar-refractivity contribution in [1.29, 1.82) is 0 Å². The molecule has 0 bridgehead atoms. The van der Waals surface area contributed by atoms with E-state index in [9.17, 15) is 9.59 Å². The van der Waals surface area contributed by atoms with E-state index in [2.05, 4.69) is 11.3 Å². The summed E-state index contributed by atoms with van der Waals surface area (Å²) in [5, 5.41) is 0. The molecule has 0 aliphatic carbocycles. The number of methoxy groups -OCH3 is 1. The van der Waals surface area contributed by atoms with Crippen molar-refractivity contribution in [2.24, 2.45) is 0 Å². The van der Waals surface area contributed by atoms with Crippen molar-refractivity contribution in [2.75, 3.05) is 7.11 Å². The van der Waals surface area contributed by atoms with Gasteiger partial charge in [-0.2, -0.15) is 0 Å². The first-order chi connectivity index (χ1) is 8.80. The van der Waals surface area contributed by atoms with E-state index in [4.69, 9.17) is 4.74 Å². The molecule has 0 unspecified atom stereocenters. The fourth-order valence-corrected chi connectivity index (χ4v) is 1.48. The zero-order valence-electron chi connectivity index (χ0n) is 11.6. The van der Waals surface area contributed by atoms with Gasteiger partial charge in [0, 0.05) is 6.20 Å². The molecule has 1 aromatic heterocycles. The van der Waals surface area contributed by atoms with Gasteiger partial charge in [0.25, 0.3) is 0 Å². The molecule has 101 valence electrons. The lowest BCUT2D eigenvalue weighted by molar-refractivity contribution is 0.0484. The summed E-state index contributed by atoms with van der Waals surface area (Å²) in [5.74, 6) is 0.922. The molecule has 0 aliphatic rings. The molecule has 5 nitrogen and oxygen atoms in total. The molecule has 0 amide bonds. The zero-order valence-corrected chi connectivity index (χ0v) is 11.6. The van der Waals surface area contributed by atoms with Crippen molar-refractivity contribution in [1.82, 2.24) is 4.57 Å². The third-order valence-electron chi connectivity index (χ3n) is 2.18. The number of nitrogens with zero attached hydrogens (tertiary/aromatic N) is 1. The lowest BCUT2D eigenvalue weighted by Gasteiger charge is -2.20. The van der Waals surface area contributed by atoms with Crippen molar-refractivity contribution in [2.45, 2.75) is 26.4 Å². The second-order valence-electron chi connectivity index (χ2n) is 4.86. The average Bonchev–Trinajstić information content (AvgIpc) is 2.70. The number of carbonyl (C=O) groups is 2. The average molecular weight is 262 g/mol. The van der Waals surface area contributed by atoms with Crippen LogP contribution in [-0.2, 0) is 9.47 Å². The molecule has 19 heavy (non-hydrogen) atoms. The van der Waals surface area contributed by atoms with Gasteiger partial charge in [0.05, 0.1) is 7.11 Å². The lowest BCUT2D eigenvalue weighted by atomic mass is 9.71. The number of esters is 1. The van der Waals surface area contributed by atoms with Crippen LogP contribution < -0.4 is 5.46 Å². The molecule has 0 fully saturated rings. The van der Waals surface area contributed by atoms with E-state index in [1.807, 2.05) is 0 Å². The maximum absolute atomic E-state index is 12.0. The molecular formula is C13H17BNO4. The van der Waals surface area contributed by atoms with Crippen molar-refractivity contribution >= 4 is 24.8 Å². The second-order valence-corrected chi connectivity index (χ2v) is 4.86.